The van der Waals surface area contributed by atoms with Gasteiger partial charge in [0.25, 0.3) is 0 Å². The zero-order chi connectivity index (χ0) is 23.9. The van der Waals surface area contributed by atoms with E-state index in [-0.39, 0.29) is 24.2 Å². The van der Waals surface area contributed by atoms with Crippen molar-refractivity contribution < 1.29 is 14.1 Å². The highest BCUT2D eigenvalue weighted by molar-refractivity contribution is 6.62. The van der Waals surface area contributed by atoms with Gasteiger partial charge in [-0.3, -0.25) is 9.69 Å². The number of fused-ring (bicyclic) bond motifs is 2. The molecule has 3 aliphatic rings. The molecule has 5 heteroatoms. The minimum atomic E-state index is -0.358. The summed E-state index contributed by atoms with van der Waals surface area (Å²) < 4.78 is 12.3. The lowest BCUT2D eigenvalue weighted by Gasteiger charge is -2.48. The maximum absolute atomic E-state index is 13.3. The van der Waals surface area contributed by atoms with E-state index in [0.717, 1.165) is 30.4 Å². The predicted molar refractivity (Wildman–Crippen MR) is 137 cm³/mol. The van der Waals surface area contributed by atoms with E-state index in [0.29, 0.717) is 24.3 Å². The van der Waals surface area contributed by atoms with Gasteiger partial charge in [0.1, 0.15) is 5.78 Å². The van der Waals surface area contributed by atoms with E-state index in [4.69, 9.17) is 9.31 Å². The first-order valence-corrected chi connectivity index (χ1v) is 13.0. The van der Waals surface area contributed by atoms with Crippen LogP contribution >= 0.6 is 0 Å². The number of carbonyl (C=O) groups is 1. The molecule has 2 bridgehead atoms. The number of rotatable bonds is 6. The summed E-state index contributed by atoms with van der Waals surface area (Å²) in [5.74, 6) is 0.588. The van der Waals surface area contributed by atoms with Crippen molar-refractivity contribution in [3.05, 3.63) is 65.7 Å². The van der Waals surface area contributed by atoms with Crippen LogP contribution < -0.4 is 5.46 Å². The topological polar surface area (TPSA) is 38.8 Å². The van der Waals surface area contributed by atoms with Crippen molar-refractivity contribution in [1.82, 2.24) is 4.90 Å². The van der Waals surface area contributed by atoms with Gasteiger partial charge < -0.3 is 9.31 Å². The molecule has 3 aliphatic heterocycles. The summed E-state index contributed by atoms with van der Waals surface area (Å²) in [5.41, 5.74) is 2.78. The van der Waals surface area contributed by atoms with Crippen LogP contribution in [-0.4, -0.2) is 41.1 Å². The molecular weight excluding hydrogens is 421 g/mol. The molecule has 0 amide bonds. The van der Waals surface area contributed by atoms with Crippen molar-refractivity contribution in [3.63, 3.8) is 0 Å². The molecule has 0 saturated carbocycles. The van der Waals surface area contributed by atoms with Gasteiger partial charge in [-0.05, 0) is 70.0 Å². The Morgan fingerprint density at radius 1 is 0.882 bits per heavy atom. The summed E-state index contributed by atoms with van der Waals surface area (Å²) in [5, 5.41) is 0. The Bertz CT molecular complexity index is 974. The standard InChI is InChI=1S/C29H38BNO3/c1-28(2)29(3,4)34-30(33-28)24-15-13-21(14-16-24)17-27(32)23-18-25-11-8-12-26(19-23)31(25)20-22-9-6-5-7-10-22/h5-7,9-10,13-16,23,25-26H,8,11-12,17-20H2,1-4H3. The molecule has 2 atom stereocenters. The van der Waals surface area contributed by atoms with Crippen LogP contribution in [0.3, 0.4) is 0 Å². The van der Waals surface area contributed by atoms with Crippen LogP contribution in [0.2, 0.25) is 0 Å². The number of carbonyl (C=O) groups excluding carboxylic acids is 1. The number of nitrogens with zero attached hydrogens (tertiary/aromatic N) is 1. The van der Waals surface area contributed by atoms with Crippen molar-refractivity contribution in [2.45, 2.75) is 96.1 Å². The van der Waals surface area contributed by atoms with Crippen LogP contribution in [0.4, 0.5) is 0 Å². The summed E-state index contributed by atoms with van der Waals surface area (Å²) in [7, 11) is -0.358. The average molecular weight is 459 g/mol. The lowest BCUT2D eigenvalue weighted by Crippen LogP contribution is -2.52. The summed E-state index contributed by atoms with van der Waals surface area (Å²) in [4.78, 5) is 16.0. The van der Waals surface area contributed by atoms with Crippen LogP contribution in [0.15, 0.2) is 54.6 Å². The van der Waals surface area contributed by atoms with E-state index in [1.807, 2.05) is 0 Å². The minimum Gasteiger partial charge on any atom is -0.399 e. The monoisotopic (exact) mass is 459 g/mol. The van der Waals surface area contributed by atoms with E-state index >= 15 is 0 Å². The van der Waals surface area contributed by atoms with Crippen LogP contribution in [0.5, 0.6) is 0 Å². The fraction of sp³-hybridized carbons (Fsp3) is 0.552. The molecule has 0 spiro atoms. The zero-order valence-corrected chi connectivity index (χ0v) is 21.1. The molecule has 3 heterocycles. The summed E-state index contributed by atoms with van der Waals surface area (Å²) in [6.45, 7) is 9.29. The van der Waals surface area contributed by atoms with Crippen molar-refractivity contribution in [2.24, 2.45) is 5.92 Å². The highest BCUT2D eigenvalue weighted by Gasteiger charge is 2.51. The first kappa shape index (κ1) is 23.8. The van der Waals surface area contributed by atoms with E-state index in [1.165, 1.54) is 24.8 Å². The molecular formula is C29H38BNO3. The van der Waals surface area contributed by atoms with Crippen molar-refractivity contribution in [1.29, 1.82) is 0 Å². The number of piperidine rings is 2. The maximum atomic E-state index is 13.3. The SMILES string of the molecule is CC1(C)OB(c2ccc(CC(=O)C3CC4CCCC(C3)N4Cc3ccccc3)cc2)OC1(C)C. The average Bonchev–Trinajstić information content (AvgIpc) is 3.01. The van der Waals surface area contributed by atoms with E-state index in [1.54, 1.807) is 0 Å². The van der Waals surface area contributed by atoms with Gasteiger partial charge in [0, 0.05) is 31.0 Å². The molecule has 3 fully saturated rings. The highest BCUT2D eigenvalue weighted by atomic mass is 16.7. The number of benzene rings is 2. The van der Waals surface area contributed by atoms with Gasteiger partial charge in [0.2, 0.25) is 0 Å². The molecule has 4 nitrogen and oxygen atoms in total. The second-order valence-electron chi connectivity index (χ2n) is 11.5. The van der Waals surface area contributed by atoms with Crippen LogP contribution in [0, 0.1) is 5.92 Å². The van der Waals surface area contributed by atoms with Gasteiger partial charge in [0.05, 0.1) is 11.2 Å². The lowest BCUT2D eigenvalue weighted by molar-refractivity contribution is -0.126. The molecule has 0 radical (unpaired) electrons. The van der Waals surface area contributed by atoms with Crippen LogP contribution in [0.1, 0.15) is 70.9 Å². The normalized spacial score (nSPS) is 28.1. The van der Waals surface area contributed by atoms with Crippen molar-refractivity contribution >= 4 is 18.4 Å². The van der Waals surface area contributed by atoms with Gasteiger partial charge in [-0.25, -0.2) is 0 Å². The number of ketones is 1. The van der Waals surface area contributed by atoms with Gasteiger partial charge in [0.15, 0.2) is 0 Å². The summed E-state index contributed by atoms with van der Waals surface area (Å²) in [6, 6.07) is 20.1. The van der Waals surface area contributed by atoms with E-state index in [9.17, 15) is 4.79 Å². The Labute approximate surface area is 205 Å². The fourth-order valence-corrected chi connectivity index (χ4v) is 5.91. The molecule has 34 heavy (non-hydrogen) atoms. The predicted octanol–water partition coefficient (Wildman–Crippen LogP) is 4.93. The lowest BCUT2D eigenvalue weighted by atomic mass is 9.75. The number of hydrogen-bond donors (Lipinski definition) is 0. The number of Topliss-reactive ketones (excluding diaryl/α,β-unsaturated/α-hetero) is 1. The molecule has 2 unspecified atom stereocenters. The Morgan fingerprint density at radius 3 is 2.06 bits per heavy atom. The van der Waals surface area contributed by atoms with Gasteiger partial charge >= 0.3 is 7.12 Å². The van der Waals surface area contributed by atoms with Gasteiger partial charge in [-0.2, -0.15) is 0 Å². The third-order valence-corrected chi connectivity index (χ3v) is 8.67. The Hall–Kier alpha value is -1.95. The zero-order valence-electron chi connectivity index (χ0n) is 21.1. The first-order valence-electron chi connectivity index (χ1n) is 13.0. The largest absolute Gasteiger partial charge is 0.494 e. The number of hydrogen-bond acceptors (Lipinski definition) is 4. The second kappa shape index (κ2) is 9.25. The van der Waals surface area contributed by atoms with Gasteiger partial charge in [-0.1, -0.05) is 61.0 Å². The molecule has 0 N–H and O–H groups in total. The van der Waals surface area contributed by atoms with Crippen molar-refractivity contribution in [3.8, 4) is 0 Å². The van der Waals surface area contributed by atoms with Crippen LogP contribution in [0.25, 0.3) is 0 Å². The molecule has 0 aliphatic carbocycles. The molecule has 2 aromatic rings. The molecule has 2 aromatic carbocycles. The minimum absolute atomic E-state index is 0.185. The van der Waals surface area contributed by atoms with Crippen molar-refractivity contribution in [2.75, 3.05) is 0 Å². The van der Waals surface area contributed by atoms with E-state index in [2.05, 4.69) is 87.2 Å². The maximum Gasteiger partial charge on any atom is 0.494 e. The summed E-state index contributed by atoms with van der Waals surface area (Å²) in [6.07, 6.45) is 6.27. The third-order valence-electron chi connectivity index (χ3n) is 8.67. The Morgan fingerprint density at radius 2 is 1.47 bits per heavy atom. The fourth-order valence-electron chi connectivity index (χ4n) is 5.91. The molecule has 180 valence electrons. The van der Waals surface area contributed by atoms with E-state index < -0.39 is 0 Å². The molecule has 5 rings (SSSR count). The molecule has 0 aromatic heterocycles. The highest BCUT2D eigenvalue weighted by Crippen LogP contribution is 2.39. The summed E-state index contributed by atoms with van der Waals surface area (Å²) >= 11 is 0. The Balaban J connectivity index is 1.20. The van der Waals surface area contributed by atoms with Gasteiger partial charge in [-0.15, -0.1) is 0 Å². The quantitative estimate of drug-likeness (QED) is 0.575. The first-order chi connectivity index (χ1) is 16.2. The van der Waals surface area contributed by atoms with Crippen LogP contribution in [-0.2, 0) is 27.1 Å². The smallest absolute Gasteiger partial charge is 0.399 e. The Kier molecular flexibility index (Phi) is 6.47. The molecule has 3 saturated heterocycles. The third kappa shape index (κ3) is 4.75. The second-order valence-corrected chi connectivity index (χ2v) is 11.5.